The number of hydrogen-bond donors (Lipinski definition) is 1. The van der Waals surface area contributed by atoms with Crippen molar-refractivity contribution in [3.63, 3.8) is 0 Å². The van der Waals surface area contributed by atoms with E-state index in [4.69, 9.17) is 5.73 Å². The third-order valence-corrected chi connectivity index (χ3v) is 2.74. The quantitative estimate of drug-likeness (QED) is 0.862. The second-order valence-corrected chi connectivity index (χ2v) is 4.75. The highest BCUT2D eigenvalue weighted by atomic mass is 127. The lowest BCUT2D eigenvalue weighted by molar-refractivity contribution is 0.553. The Morgan fingerprint density at radius 1 is 1.57 bits per heavy atom. The molecule has 0 aliphatic heterocycles. The van der Waals surface area contributed by atoms with Crippen molar-refractivity contribution in [2.24, 2.45) is 5.73 Å². The maximum Gasteiger partial charge on any atom is 0.0693 e. The normalized spacial score (nSPS) is 13.4. The highest BCUT2D eigenvalue weighted by Crippen LogP contribution is 2.17. The minimum Gasteiger partial charge on any atom is -0.326 e. The van der Waals surface area contributed by atoms with Crippen molar-refractivity contribution in [2.75, 3.05) is 0 Å². The van der Waals surface area contributed by atoms with Crippen molar-refractivity contribution in [3.05, 3.63) is 28.0 Å². The molecule has 4 heteroatoms. The first-order valence-electron chi connectivity index (χ1n) is 4.53. The molecule has 2 rings (SSSR count). The molecule has 0 aliphatic carbocycles. The molecule has 0 aliphatic rings. The molecular formula is C10H12IN3. The number of nitrogens with zero attached hydrogens (tertiary/aromatic N) is 2. The standard InChI is InChI=1S/C10H12IN3/c1-7(12)6-14-10-4-9(11)3-2-8(10)5-13-14/h2-5,7H,6,12H2,1H3. The molecule has 14 heavy (non-hydrogen) atoms. The van der Waals surface area contributed by atoms with Gasteiger partial charge in [-0.15, -0.1) is 0 Å². The van der Waals surface area contributed by atoms with E-state index in [0.29, 0.717) is 0 Å². The smallest absolute Gasteiger partial charge is 0.0693 e. The van der Waals surface area contributed by atoms with Gasteiger partial charge >= 0.3 is 0 Å². The van der Waals surface area contributed by atoms with Crippen LogP contribution in [-0.2, 0) is 6.54 Å². The van der Waals surface area contributed by atoms with Gasteiger partial charge in [0, 0.05) is 15.0 Å². The first kappa shape index (κ1) is 9.92. The van der Waals surface area contributed by atoms with Crippen LogP contribution in [0.5, 0.6) is 0 Å². The third-order valence-electron chi connectivity index (χ3n) is 2.07. The molecule has 2 aromatic rings. The molecule has 0 saturated heterocycles. The summed E-state index contributed by atoms with van der Waals surface area (Å²) in [6, 6.07) is 6.43. The molecular weight excluding hydrogens is 289 g/mol. The van der Waals surface area contributed by atoms with Crippen LogP contribution in [0.1, 0.15) is 6.92 Å². The van der Waals surface area contributed by atoms with Crippen molar-refractivity contribution in [1.29, 1.82) is 0 Å². The van der Waals surface area contributed by atoms with Crippen molar-refractivity contribution in [3.8, 4) is 0 Å². The molecule has 0 amide bonds. The molecule has 0 spiro atoms. The van der Waals surface area contributed by atoms with Crippen LogP contribution in [0.4, 0.5) is 0 Å². The van der Waals surface area contributed by atoms with E-state index in [-0.39, 0.29) is 6.04 Å². The van der Waals surface area contributed by atoms with Gasteiger partial charge in [0.25, 0.3) is 0 Å². The number of rotatable bonds is 2. The van der Waals surface area contributed by atoms with E-state index in [2.05, 4.69) is 45.9 Å². The summed E-state index contributed by atoms with van der Waals surface area (Å²) in [6.07, 6.45) is 1.88. The predicted molar refractivity (Wildman–Crippen MR) is 66.1 cm³/mol. The lowest BCUT2D eigenvalue weighted by atomic mass is 10.2. The number of halogens is 1. The zero-order chi connectivity index (χ0) is 10.1. The van der Waals surface area contributed by atoms with Gasteiger partial charge in [-0.2, -0.15) is 5.10 Å². The fourth-order valence-electron chi connectivity index (χ4n) is 1.46. The third kappa shape index (κ3) is 1.90. The second kappa shape index (κ2) is 3.86. The predicted octanol–water partition coefficient (Wildman–Crippen LogP) is 1.99. The molecule has 1 aromatic carbocycles. The largest absolute Gasteiger partial charge is 0.326 e. The minimum absolute atomic E-state index is 0.135. The number of hydrogen-bond acceptors (Lipinski definition) is 2. The lowest BCUT2D eigenvalue weighted by Crippen LogP contribution is -2.22. The summed E-state index contributed by atoms with van der Waals surface area (Å²) >= 11 is 2.30. The highest BCUT2D eigenvalue weighted by Gasteiger charge is 2.04. The number of fused-ring (bicyclic) bond motifs is 1. The van der Waals surface area contributed by atoms with Gasteiger partial charge in [0.2, 0.25) is 0 Å². The van der Waals surface area contributed by atoms with E-state index in [9.17, 15) is 0 Å². The van der Waals surface area contributed by atoms with Crippen LogP contribution in [0.2, 0.25) is 0 Å². The van der Waals surface area contributed by atoms with Gasteiger partial charge in [-0.25, -0.2) is 0 Å². The van der Waals surface area contributed by atoms with Crippen LogP contribution in [-0.4, -0.2) is 15.8 Å². The van der Waals surface area contributed by atoms with Gasteiger partial charge < -0.3 is 5.73 Å². The van der Waals surface area contributed by atoms with Crippen molar-refractivity contribution in [1.82, 2.24) is 9.78 Å². The molecule has 3 nitrogen and oxygen atoms in total. The van der Waals surface area contributed by atoms with E-state index < -0.39 is 0 Å². The van der Waals surface area contributed by atoms with E-state index in [1.54, 1.807) is 0 Å². The number of benzene rings is 1. The molecule has 0 radical (unpaired) electrons. The van der Waals surface area contributed by atoms with E-state index in [1.807, 2.05) is 17.8 Å². The van der Waals surface area contributed by atoms with Gasteiger partial charge in [-0.1, -0.05) is 6.07 Å². The summed E-state index contributed by atoms with van der Waals surface area (Å²) in [4.78, 5) is 0. The zero-order valence-corrected chi connectivity index (χ0v) is 10.1. The van der Waals surface area contributed by atoms with E-state index in [0.717, 1.165) is 12.1 Å². The molecule has 1 heterocycles. The highest BCUT2D eigenvalue weighted by molar-refractivity contribution is 14.1. The lowest BCUT2D eigenvalue weighted by Gasteiger charge is -2.06. The molecule has 0 saturated carbocycles. The second-order valence-electron chi connectivity index (χ2n) is 3.51. The Balaban J connectivity index is 2.50. The van der Waals surface area contributed by atoms with Gasteiger partial charge in [-0.3, -0.25) is 4.68 Å². The Hall–Kier alpha value is -0.620. The van der Waals surface area contributed by atoms with Crippen LogP contribution in [0.25, 0.3) is 10.9 Å². The van der Waals surface area contributed by atoms with Crippen LogP contribution in [0.3, 0.4) is 0 Å². The first-order chi connectivity index (χ1) is 6.66. The molecule has 1 aromatic heterocycles. The topological polar surface area (TPSA) is 43.8 Å². The van der Waals surface area contributed by atoms with Gasteiger partial charge in [0.1, 0.15) is 0 Å². The molecule has 1 atom stereocenters. The molecule has 2 N–H and O–H groups in total. The molecule has 0 fully saturated rings. The zero-order valence-electron chi connectivity index (χ0n) is 7.94. The van der Waals surface area contributed by atoms with Crippen LogP contribution in [0.15, 0.2) is 24.4 Å². The molecule has 74 valence electrons. The van der Waals surface area contributed by atoms with Crippen molar-refractivity contribution in [2.45, 2.75) is 19.5 Å². The fourth-order valence-corrected chi connectivity index (χ4v) is 1.94. The van der Waals surface area contributed by atoms with Gasteiger partial charge in [-0.05, 0) is 41.6 Å². The number of aromatic nitrogens is 2. The summed E-state index contributed by atoms with van der Waals surface area (Å²) in [7, 11) is 0. The van der Waals surface area contributed by atoms with E-state index in [1.165, 1.54) is 8.96 Å². The average molecular weight is 301 g/mol. The number of nitrogens with two attached hydrogens (primary N) is 1. The minimum atomic E-state index is 0.135. The van der Waals surface area contributed by atoms with Crippen molar-refractivity contribution < 1.29 is 0 Å². The van der Waals surface area contributed by atoms with Gasteiger partial charge in [0.15, 0.2) is 0 Å². The molecule has 0 bridgehead atoms. The van der Waals surface area contributed by atoms with Crippen molar-refractivity contribution >= 4 is 33.5 Å². The van der Waals surface area contributed by atoms with Crippen LogP contribution >= 0.6 is 22.6 Å². The summed E-state index contributed by atoms with van der Waals surface area (Å²) in [5.74, 6) is 0. The van der Waals surface area contributed by atoms with Crippen LogP contribution in [0, 0.1) is 3.57 Å². The summed E-state index contributed by atoms with van der Waals surface area (Å²) in [5, 5.41) is 5.48. The SMILES string of the molecule is CC(N)Cn1ncc2ccc(I)cc21. The molecule has 1 unspecified atom stereocenters. The maximum atomic E-state index is 5.75. The monoisotopic (exact) mass is 301 g/mol. The Labute approximate surface area is 96.4 Å². The van der Waals surface area contributed by atoms with E-state index >= 15 is 0 Å². The summed E-state index contributed by atoms with van der Waals surface area (Å²) in [6.45, 7) is 2.75. The first-order valence-corrected chi connectivity index (χ1v) is 5.61. The average Bonchev–Trinajstić information content (AvgIpc) is 2.47. The van der Waals surface area contributed by atoms with Gasteiger partial charge in [0.05, 0.1) is 18.3 Å². The summed E-state index contributed by atoms with van der Waals surface area (Å²) < 4.78 is 3.18. The Morgan fingerprint density at radius 3 is 3.07 bits per heavy atom. The van der Waals surface area contributed by atoms with Crippen LogP contribution < -0.4 is 5.73 Å². The summed E-state index contributed by atoms with van der Waals surface area (Å²) in [5.41, 5.74) is 6.91. The Morgan fingerprint density at radius 2 is 2.36 bits per heavy atom. The Bertz CT molecular complexity index is 448. The Kier molecular flexibility index (Phi) is 2.73. The fraction of sp³-hybridized carbons (Fsp3) is 0.300. The maximum absolute atomic E-state index is 5.75.